The summed E-state index contributed by atoms with van der Waals surface area (Å²) >= 11 is 6.17. The fraction of sp³-hybridized carbons (Fsp3) is 0.524. The monoisotopic (exact) mass is 455 g/mol. The number of amides is 1. The zero-order chi connectivity index (χ0) is 22.0. The van der Waals surface area contributed by atoms with Gasteiger partial charge in [0.1, 0.15) is 5.69 Å². The normalized spacial score (nSPS) is 18.6. The van der Waals surface area contributed by atoms with Crippen molar-refractivity contribution < 1.29 is 18.0 Å². The molecule has 0 saturated carbocycles. The first-order valence-electron chi connectivity index (χ1n) is 10.5. The first-order valence-corrected chi connectivity index (χ1v) is 10.9. The molecule has 3 heterocycles. The number of carbonyl (C=O) groups excluding carboxylic acids is 1. The second kappa shape index (κ2) is 9.18. The van der Waals surface area contributed by atoms with E-state index >= 15 is 0 Å². The molecule has 2 aromatic rings. The quantitative estimate of drug-likeness (QED) is 0.693. The SMILES string of the molecule is O=C(c1cc(C(F)(F)F)nn1-c1ccccc1Cl)N1CCN(CCN2CCCC2)CC1. The van der Waals surface area contributed by atoms with Gasteiger partial charge in [0.2, 0.25) is 0 Å². The number of para-hydroxylation sites is 1. The van der Waals surface area contributed by atoms with Crippen LogP contribution in [0.25, 0.3) is 5.69 Å². The maximum Gasteiger partial charge on any atom is 0.435 e. The van der Waals surface area contributed by atoms with Gasteiger partial charge in [-0.05, 0) is 38.1 Å². The van der Waals surface area contributed by atoms with E-state index < -0.39 is 17.8 Å². The largest absolute Gasteiger partial charge is 0.435 e. The summed E-state index contributed by atoms with van der Waals surface area (Å²) in [5.41, 5.74) is -1.00. The number of alkyl halides is 3. The van der Waals surface area contributed by atoms with Crippen LogP contribution in [-0.2, 0) is 6.18 Å². The molecule has 0 unspecified atom stereocenters. The number of halogens is 4. The lowest BCUT2D eigenvalue weighted by atomic mass is 10.2. The molecule has 0 N–H and O–H groups in total. The highest BCUT2D eigenvalue weighted by Gasteiger charge is 2.37. The topological polar surface area (TPSA) is 44.6 Å². The molecule has 0 bridgehead atoms. The minimum Gasteiger partial charge on any atom is -0.335 e. The Morgan fingerprint density at radius 3 is 2.19 bits per heavy atom. The summed E-state index contributed by atoms with van der Waals surface area (Å²) in [6.45, 7) is 6.58. The molecule has 0 aliphatic carbocycles. The van der Waals surface area contributed by atoms with Gasteiger partial charge in [0.05, 0.1) is 10.7 Å². The number of benzene rings is 1. The van der Waals surface area contributed by atoms with Gasteiger partial charge in [0, 0.05) is 45.3 Å². The molecule has 10 heteroatoms. The van der Waals surface area contributed by atoms with Crippen molar-refractivity contribution in [1.29, 1.82) is 0 Å². The molecule has 168 valence electrons. The summed E-state index contributed by atoms with van der Waals surface area (Å²) in [7, 11) is 0. The van der Waals surface area contributed by atoms with E-state index in [1.807, 2.05) is 0 Å². The number of hydrogen-bond donors (Lipinski definition) is 0. The maximum atomic E-state index is 13.3. The summed E-state index contributed by atoms with van der Waals surface area (Å²) < 4.78 is 41.0. The standard InChI is InChI=1S/C21H25ClF3N5O/c22-16-5-1-2-6-17(16)30-18(15-19(26-30)21(23,24)25)20(31)29-13-11-28(12-14-29)10-9-27-7-3-4-8-27/h1-2,5-6,15H,3-4,7-14H2. The van der Waals surface area contributed by atoms with Gasteiger partial charge >= 0.3 is 6.18 Å². The summed E-state index contributed by atoms with van der Waals surface area (Å²) in [6, 6.07) is 7.22. The molecule has 2 aliphatic heterocycles. The predicted octanol–water partition coefficient (Wildman–Crippen LogP) is 3.40. The third-order valence-electron chi connectivity index (χ3n) is 5.89. The summed E-state index contributed by atoms with van der Waals surface area (Å²) in [5, 5.41) is 3.88. The fourth-order valence-electron chi connectivity index (χ4n) is 4.10. The number of rotatable bonds is 5. The van der Waals surface area contributed by atoms with E-state index in [0.717, 1.165) is 36.9 Å². The second-order valence-corrected chi connectivity index (χ2v) is 8.37. The van der Waals surface area contributed by atoms with Crippen LogP contribution in [0.2, 0.25) is 5.02 Å². The molecule has 2 saturated heterocycles. The zero-order valence-electron chi connectivity index (χ0n) is 17.1. The van der Waals surface area contributed by atoms with E-state index in [2.05, 4.69) is 14.9 Å². The third kappa shape index (κ3) is 5.05. The molecule has 0 spiro atoms. The highest BCUT2D eigenvalue weighted by molar-refractivity contribution is 6.32. The number of nitrogens with zero attached hydrogens (tertiary/aromatic N) is 5. The first-order chi connectivity index (χ1) is 14.8. The van der Waals surface area contributed by atoms with Crippen molar-refractivity contribution >= 4 is 17.5 Å². The Kier molecular flexibility index (Phi) is 6.55. The van der Waals surface area contributed by atoms with Crippen molar-refractivity contribution in [3.8, 4) is 5.69 Å². The lowest BCUT2D eigenvalue weighted by Crippen LogP contribution is -2.50. The van der Waals surface area contributed by atoms with E-state index in [4.69, 9.17) is 11.6 Å². The van der Waals surface area contributed by atoms with E-state index in [0.29, 0.717) is 26.2 Å². The molecule has 0 radical (unpaired) electrons. The van der Waals surface area contributed by atoms with E-state index in [-0.39, 0.29) is 16.4 Å². The molecule has 1 amide bonds. The van der Waals surface area contributed by atoms with Crippen molar-refractivity contribution in [2.45, 2.75) is 19.0 Å². The molecule has 6 nitrogen and oxygen atoms in total. The third-order valence-corrected chi connectivity index (χ3v) is 6.21. The van der Waals surface area contributed by atoms with Crippen LogP contribution < -0.4 is 0 Å². The van der Waals surface area contributed by atoms with Crippen LogP contribution in [0.4, 0.5) is 13.2 Å². The molecule has 4 rings (SSSR count). The predicted molar refractivity (Wildman–Crippen MR) is 112 cm³/mol. The van der Waals surface area contributed by atoms with Gasteiger partial charge in [-0.1, -0.05) is 23.7 Å². The number of likely N-dealkylation sites (tertiary alicyclic amines) is 1. The van der Waals surface area contributed by atoms with Crippen LogP contribution in [0.3, 0.4) is 0 Å². The highest BCUT2D eigenvalue weighted by Crippen LogP contribution is 2.31. The van der Waals surface area contributed by atoms with Gasteiger partial charge in [0.15, 0.2) is 5.69 Å². The highest BCUT2D eigenvalue weighted by atomic mass is 35.5. The number of piperazine rings is 1. The van der Waals surface area contributed by atoms with Crippen molar-refractivity contribution in [1.82, 2.24) is 24.5 Å². The van der Waals surface area contributed by atoms with Gasteiger partial charge in [0.25, 0.3) is 5.91 Å². The van der Waals surface area contributed by atoms with Crippen molar-refractivity contribution in [2.24, 2.45) is 0 Å². The second-order valence-electron chi connectivity index (χ2n) is 7.96. The van der Waals surface area contributed by atoms with Crippen molar-refractivity contribution in [2.75, 3.05) is 52.4 Å². The van der Waals surface area contributed by atoms with Gasteiger partial charge in [-0.2, -0.15) is 18.3 Å². The van der Waals surface area contributed by atoms with E-state index in [1.54, 1.807) is 29.2 Å². The van der Waals surface area contributed by atoms with Crippen LogP contribution >= 0.6 is 11.6 Å². The Labute approximate surface area is 184 Å². The smallest absolute Gasteiger partial charge is 0.335 e. The lowest BCUT2D eigenvalue weighted by molar-refractivity contribution is -0.141. The van der Waals surface area contributed by atoms with Gasteiger partial charge in [-0.3, -0.25) is 9.69 Å². The minimum absolute atomic E-state index is 0.133. The van der Waals surface area contributed by atoms with Crippen molar-refractivity contribution in [3.05, 3.63) is 46.7 Å². The van der Waals surface area contributed by atoms with E-state index in [9.17, 15) is 18.0 Å². The number of carbonyl (C=O) groups is 1. The Morgan fingerprint density at radius 1 is 0.968 bits per heavy atom. The average molecular weight is 456 g/mol. The van der Waals surface area contributed by atoms with Crippen LogP contribution in [0.1, 0.15) is 29.0 Å². The van der Waals surface area contributed by atoms with Crippen LogP contribution in [0.15, 0.2) is 30.3 Å². The molecular formula is C21H25ClF3N5O. The Morgan fingerprint density at radius 2 is 1.58 bits per heavy atom. The lowest BCUT2D eigenvalue weighted by Gasteiger charge is -2.35. The molecule has 31 heavy (non-hydrogen) atoms. The number of aromatic nitrogens is 2. The zero-order valence-corrected chi connectivity index (χ0v) is 17.9. The van der Waals surface area contributed by atoms with Gasteiger partial charge < -0.3 is 9.80 Å². The van der Waals surface area contributed by atoms with Crippen LogP contribution in [-0.4, -0.2) is 82.7 Å². The van der Waals surface area contributed by atoms with Gasteiger partial charge in [-0.15, -0.1) is 0 Å². The molecule has 1 aromatic carbocycles. The Hall–Kier alpha value is -2.10. The Bertz CT molecular complexity index is 918. The molecule has 0 atom stereocenters. The first kappa shape index (κ1) is 22.1. The van der Waals surface area contributed by atoms with Crippen LogP contribution in [0.5, 0.6) is 0 Å². The summed E-state index contributed by atoms with van der Waals surface area (Å²) in [5.74, 6) is -0.470. The van der Waals surface area contributed by atoms with Crippen molar-refractivity contribution in [3.63, 3.8) is 0 Å². The van der Waals surface area contributed by atoms with Gasteiger partial charge in [-0.25, -0.2) is 4.68 Å². The minimum atomic E-state index is -4.66. The fourth-order valence-corrected chi connectivity index (χ4v) is 4.32. The maximum absolute atomic E-state index is 13.3. The van der Waals surface area contributed by atoms with Crippen LogP contribution in [0, 0.1) is 0 Å². The molecule has 2 aliphatic rings. The molecule has 1 aromatic heterocycles. The molecular weight excluding hydrogens is 431 g/mol. The summed E-state index contributed by atoms with van der Waals surface area (Å²) in [6.07, 6.45) is -2.15. The number of hydrogen-bond acceptors (Lipinski definition) is 4. The average Bonchev–Trinajstić information content (AvgIpc) is 3.42. The summed E-state index contributed by atoms with van der Waals surface area (Å²) in [4.78, 5) is 19.5. The molecule has 2 fully saturated rings. The van der Waals surface area contributed by atoms with E-state index in [1.165, 1.54) is 12.8 Å². The Balaban J connectivity index is 1.48.